The van der Waals surface area contributed by atoms with E-state index >= 15 is 0 Å². The fourth-order valence-corrected chi connectivity index (χ4v) is 2.28. The maximum Gasteiger partial charge on any atom is 0.151 e. The molecule has 4 nitrogen and oxygen atoms in total. The second-order valence-corrected chi connectivity index (χ2v) is 4.54. The molecule has 3 rings (SSSR count). The van der Waals surface area contributed by atoms with Crippen molar-refractivity contribution in [2.24, 2.45) is 0 Å². The average molecular weight is 266 g/mol. The maximum atomic E-state index is 10.9. The molecule has 0 amide bonds. The highest BCUT2D eigenvalue weighted by Gasteiger charge is 2.08. The van der Waals surface area contributed by atoms with Gasteiger partial charge in [-0.25, -0.2) is 4.98 Å². The van der Waals surface area contributed by atoms with Crippen LogP contribution in [0.3, 0.4) is 0 Å². The summed E-state index contributed by atoms with van der Waals surface area (Å²) in [5, 5.41) is 0. The van der Waals surface area contributed by atoms with E-state index < -0.39 is 0 Å². The van der Waals surface area contributed by atoms with Crippen LogP contribution in [0.4, 0.5) is 0 Å². The van der Waals surface area contributed by atoms with Crippen molar-refractivity contribution in [1.82, 2.24) is 9.38 Å². The minimum atomic E-state index is 0.636. The van der Waals surface area contributed by atoms with E-state index in [9.17, 15) is 4.79 Å². The van der Waals surface area contributed by atoms with Crippen molar-refractivity contribution in [3.8, 4) is 5.75 Å². The molecule has 0 spiro atoms. The van der Waals surface area contributed by atoms with Crippen LogP contribution in [0.2, 0.25) is 0 Å². The number of carbonyl (C=O) groups excluding carboxylic acids is 1. The fraction of sp³-hybridized carbons (Fsp3) is 0.125. The van der Waals surface area contributed by atoms with E-state index in [0.717, 1.165) is 28.9 Å². The standard InChI is InChI=1S/C16H14N2O2/c1-20-15-5-3-2-4-13(15)8-16-17-9-14-7-6-12(11-19)10-18(14)16/h2-7,9-11H,8H2,1H3. The summed E-state index contributed by atoms with van der Waals surface area (Å²) in [6.07, 6.45) is 5.10. The smallest absolute Gasteiger partial charge is 0.151 e. The molecule has 0 radical (unpaired) electrons. The molecule has 0 aliphatic carbocycles. The zero-order valence-electron chi connectivity index (χ0n) is 11.1. The predicted molar refractivity (Wildman–Crippen MR) is 76.4 cm³/mol. The van der Waals surface area contributed by atoms with Gasteiger partial charge in [0.1, 0.15) is 11.6 Å². The molecule has 3 aromatic rings. The van der Waals surface area contributed by atoms with Gasteiger partial charge in [0, 0.05) is 23.7 Å². The molecular formula is C16H14N2O2. The number of imidazole rings is 1. The van der Waals surface area contributed by atoms with Crippen LogP contribution < -0.4 is 4.74 Å². The van der Waals surface area contributed by atoms with E-state index in [0.29, 0.717) is 12.0 Å². The van der Waals surface area contributed by atoms with Gasteiger partial charge in [0.05, 0.1) is 18.8 Å². The van der Waals surface area contributed by atoms with Crippen LogP contribution in [0.25, 0.3) is 5.52 Å². The molecule has 0 atom stereocenters. The summed E-state index contributed by atoms with van der Waals surface area (Å²) in [5.74, 6) is 1.73. The number of hydrogen-bond acceptors (Lipinski definition) is 3. The number of benzene rings is 1. The van der Waals surface area contributed by atoms with E-state index in [2.05, 4.69) is 4.98 Å². The second-order valence-electron chi connectivity index (χ2n) is 4.54. The van der Waals surface area contributed by atoms with Crippen LogP contribution in [0, 0.1) is 0 Å². The molecule has 20 heavy (non-hydrogen) atoms. The summed E-state index contributed by atoms with van der Waals surface area (Å²) < 4.78 is 7.30. The zero-order valence-corrected chi connectivity index (χ0v) is 11.1. The third kappa shape index (κ3) is 2.16. The van der Waals surface area contributed by atoms with E-state index in [1.54, 1.807) is 25.6 Å². The monoisotopic (exact) mass is 266 g/mol. The number of aldehydes is 1. The highest BCUT2D eigenvalue weighted by atomic mass is 16.5. The first-order valence-electron chi connectivity index (χ1n) is 6.35. The molecule has 100 valence electrons. The van der Waals surface area contributed by atoms with Crippen molar-refractivity contribution in [1.29, 1.82) is 0 Å². The van der Waals surface area contributed by atoms with E-state index in [1.165, 1.54) is 0 Å². The summed E-state index contributed by atoms with van der Waals surface area (Å²) in [6.45, 7) is 0. The summed E-state index contributed by atoms with van der Waals surface area (Å²) in [6, 6.07) is 11.5. The predicted octanol–water partition coefficient (Wildman–Crippen LogP) is 2.75. The molecule has 0 unspecified atom stereocenters. The van der Waals surface area contributed by atoms with Gasteiger partial charge in [-0.15, -0.1) is 0 Å². The molecule has 0 aliphatic heterocycles. The van der Waals surface area contributed by atoms with Gasteiger partial charge >= 0.3 is 0 Å². The van der Waals surface area contributed by atoms with Gasteiger partial charge in [0.25, 0.3) is 0 Å². The number of para-hydroxylation sites is 1. The number of hydrogen-bond donors (Lipinski definition) is 0. The number of ether oxygens (including phenoxy) is 1. The molecule has 0 saturated carbocycles. The lowest BCUT2D eigenvalue weighted by atomic mass is 10.1. The minimum Gasteiger partial charge on any atom is -0.496 e. The zero-order chi connectivity index (χ0) is 13.9. The molecule has 4 heteroatoms. The van der Waals surface area contributed by atoms with Crippen molar-refractivity contribution in [3.63, 3.8) is 0 Å². The van der Waals surface area contributed by atoms with Gasteiger partial charge in [-0.05, 0) is 18.2 Å². The Hall–Kier alpha value is -2.62. The summed E-state index contributed by atoms with van der Waals surface area (Å²) in [4.78, 5) is 15.3. The molecule has 0 aliphatic rings. The number of pyridine rings is 1. The summed E-state index contributed by atoms with van der Waals surface area (Å²) in [7, 11) is 1.66. The Morgan fingerprint density at radius 2 is 2.10 bits per heavy atom. The molecular weight excluding hydrogens is 252 g/mol. The quantitative estimate of drug-likeness (QED) is 0.682. The number of nitrogens with zero attached hydrogens (tertiary/aromatic N) is 2. The average Bonchev–Trinajstić information content (AvgIpc) is 2.90. The molecule has 1 aromatic carbocycles. The van der Waals surface area contributed by atoms with E-state index in [4.69, 9.17) is 4.74 Å². The first-order chi connectivity index (χ1) is 9.81. The molecule has 0 bridgehead atoms. The van der Waals surface area contributed by atoms with Gasteiger partial charge in [0.2, 0.25) is 0 Å². The minimum absolute atomic E-state index is 0.636. The Balaban J connectivity index is 2.04. The topological polar surface area (TPSA) is 43.6 Å². The molecule has 0 N–H and O–H groups in total. The van der Waals surface area contributed by atoms with Crippen molar-refractivity contribution in [2.75, 3.05) is 7.11 Å². The maximum absolute atomic E-state index is 10.9. The third-order valence-electron chi connectivity index (χ3n) is 3.30. The lowest BCUT2D eigenvalue weighted by molar-refractivity contribution is 0.112. The van der Waals surface area contributed by atoms with Gasteiger partial charge in [-0.2, -0.15) is 0 Å². The van der Waals surface area contributed by atoms with Crippen LogP contribution in [-0.4, -0.2) is 22.8 Å². The van der Waals surface area contributed by atoms with Gasteiger partial charge in [-0.3, -0.25) is 4.79 Å². The van der Waals surface area contributed by atoms with E-state index in [-0.39, 0.29) is 0 Å². The van der Waals surface area contributed by atoms with Crippen molar-refractivity contribution < 1.29 is 9.53 Å². The SMILES string of the molecule is COc1ccccc1Cc1ncc2ccc(C=O)cn12. The van der Waals surface area contributed by atoms with Crippen LogP contribution in [0.15, 0.2) is 48.8 Å². The van der Waals surface area contributed by atoms with Crippen LogP contribution in [0.5, 0.6) is 5.75 Å². The number of aromatic nitrogens is 2. The molecule has 2 aromatic heterocycles. The second kappa shape index (κ2) is 5.17. The van der Waals surface area contributed by atoms with Crippen LogP contribution in [0.1, 0.15) is 21.7 Å². The Labute approximate surface area is 116 Å². The largest absolute Gasteiger partial charge is 0.496 e. The summed E-state index contributed by atoms with van der Waals surface area (Å²) in [5.41, 5.74) is 2.68. The Morgan fingerprint density at radius 3 is 2.90 bits per heavy atom. The molecule has 0 fully saturated rings. The number of carbonyl (C=O) groups is 1. The van der Waals surface area contributed by atoms with Gasteiger partial charge < -0.3 is 9.14 Å². The van der Waals surface area contributed by atoms with Crippen LogP contribution in [-0.2, 0) is 6.42 Å². The lowest BCUT2D eigenvalue weighted by Gasteiger charge is -2.07. The molecule has 0 saturated heterocycles. The Morgan fingerprint density at radius 1 is 1.25 bits per heavy atom. The highest BCUT2D eigenvalue weighted by Crippen LogP contribution is 2.21. The van der Waals surface area contributed by atoms with Gasteiger partial charge in [0.15, 0.2) is 6.29 Å². The molecule has 2 heterocycles. The van der Waals surface area contributed by atoms with Crippen LogP contribution >= 0.6 is 0 Å². The normalized spacial score (nSPS) is 10.7. The van der Waals surface area contributed by atoms with Crippen molar-refractivity contribution >= 4 is 11.8 Å². The van der Waals surface area contributed by atoms with E-state index in [1.807, 2.05) is 34.7 Å². The van der Waals surface area contributed by atoms with Crippen molar-refractivity contribution in [2.45, 2.75) is 6.42 Å². The third-order valence-corrected chi connectivity index (χ3v) is 3.30. The first-order valence-corrected chi connectivity index (χ1v) is 6.35. The lowest BCUT2D eigenvalue weighted by Crippen LogP contribution is -1.99. The number of methoxy groups -OCH3 is 1. The number of rotatable bonds is 4. The fourth-order valence-electron chi connectivity index (χ4n) is 2.28. The highest BCUT2D eigenvalue weighted by molar-refractivity contribution is 5.75. The first kappa shape index (κ1) is 12.4. The Kier molecular flexibility index (Phi) is 3.21. The van der Waals surface area contributed by atoms with Crippen molar-refractivity contribution in [3.05, 3.63) is 65.7 Å². The van der Waals surface area contributed by atoms with Gasteiger partial charge in [-0.1, -0.05) is 18.2 Å². The summed E-state index contributed by atoms with van der Waals surface area (Å²) >= 11 is 0. The Bertz CT molecular complexity index is 762. The number of fused-ring (bicyclic) bond motifs is 1.